The SMILES string of the molecule is CCNCc1ccc(S(=O)(=O)N2CCOCC2C)cc1Cl. The van der Waals surface area contributed by atoms with E-state index in [2.05, 4.69) is 5.32 Å². The molecule has 1 N–H and O–H groups in total. The van der Waals surface area contributed by atoms with Crippen molar-refractivity contribution in [2.75, 3.05) is 26.3 Å². The molecule has 118 valence electrons. The van der Waals surface area contributed by atoms with Gasteiger partial charge in [-0.1, -0.05) is 24.6 Å². The molecule has 0 radical (unpaired) electrons. The molecule has 5 nitrogen and oxygen atoms in total. The molecule has 0 spiro atoms. The molecule has 0 aliphatic carbocycles. The van der Waals surface area contributed by atoms with Crippen LogP contribution >= 0.6 is 11.6 Å². The van der Waals surface area contributed by atoms with E-state index < -0.39 is 10.0 Å². The Morgan fingerprint density at radius 2 is 2.24 bits per heavy atom. The second-order valence-electron chi connectivity index (χ2n) is 5.07. The van der Waals surface area contributed by atoms with Gasteiger partial charge in [-0.2, -0.15) is 4.31 Å². The van der Waals surface area contributed by atoms with Gasteiger partial charge in [0, 0.05) is 24.2 Å². The smallest absolute Gasteiger partial charge is 0.243 e. The number of rotatable bonds is 5. The normalized spacial score (nSPS) is 20.6. The Labute approximate surface area is 131 Å². The van der Waals surface area contributed by atoms with Crippen LogP contribution in [0.15, 0.2) is 23.1 Å². The van der Waals surface area contributed by atoms with Crippen LogP contribution in [0.2, 0.25) is 5.02 Å². The summed E-state index contributed by atoms with van der Waals surface area (Å²) in [5.74, 6) is 0. The maximum absolute atomic E-state index is 12.7. The lowest BCUT2D eigenvalue weighted by molar-refractivity contribution is 0.0393. The van der Waals surface area contributed by atoms with Crippen molar-refractivity contribution in [3.05, 3.63) is 28.8 Å². The highest BCUT2D eigenvalue weighted by molar-refractivity contribution is 7.89. The van der Waals surface area contributed by atoms with Crippen LogP contribution in [0.1, 0.15) is 19.4 Å². The fraction of sp³-hybridized carbons (Fsp3) is 0.571. The highest BCUT2D eigenvalue weighted by atomic mass is 35.5. The van der Waals surface area contributed by atoms with Crippen molar-refractivity contribution in [2.45, 2.75) is 31.3 Å². The lowest BCUT2D eigenvalue weighted by Gasteiger charge is -2.32. The Morgan fingerprint density at radius 3 is 2.86 bits per heavy atom. The second-order valence-corrected chi connectivity index (χ2v) is 7.37. The van der Waals surface area contributed by atoms with Crippen molar-refractivity contribution in [3.8, 4) is 0 Å². The average Bonchev–Trinajstić information content (AvgIpc) is 2.46. The third kappa shape index (κ3) is 3.76. The van der Waals surface area contributed by atoms with E-state index in [4.69, 9.17) is 16.3 Å². The first-order valence-corrected chi connectivity index (χ1v) is 8.87. The summed E-state index contributed by atoms with van der Waals surface area (Å²) in [6.07, 6.45) is 0. The summed E-state index contributed by atoms with van der Waals surface area (Å²) >= 11 is 6.20. The second kappa shape index (κ2) is 7.07. The van der Waals surface area contributed by atoms with Gasteiger partial charge in [-0.25, -0.2) is 8.42 Å². The quantitative estimate of drug-likeness (QED) is 0.894. The average molecular weight is 333 g/mol. The first-order valence-electron chi connectivity index (χ1n) is 7.05. The molecule has 0 bridgehead atoms. The Hall–Kier alpha value is -0.660. The van der Waals surface area contributed by atoms with Crippen molar-refractivity contribution in [2.24, 2.45) is 0 Å². The van der Waals surface area contributed by atoms with Crippen LogP contribution in [0.25, 0.3) is 0 Å². The predicted octanol–water partition coefficient (Wildman–Crippen LogP) is 1.86. The van der Waals surface area contributed by atoms with E-state index in [1.807, 2.05) is 13.8 Å². The van der Waals surface area contributed by atoms with E-state index in [1.165, 1.54) is 10.4 Å². The molecule has 1 unspecified atom stereocenters. The summed E-state index contributed by atoms with van der Waals surface area (Å²) in [7, 11) is -3.52. The van der Waals surface area contributed by atoms with Gasteiger partial charge in [0.25, 0.3) is 0 Å². The van der Waals surface area contributed by atoms with Crippen LogP contribution in [0.5, 0.6) is 0 Å². The molecular formula is C14H21ClN2O3S. The van der Waals surface area contributed by atoms with Crippen molar-refractivity contribution in [1.82, 2.24) is 9.62 Å². The molecule has 0 amide bonds. The minimum atomic E-state index is -3.52. The Kier molecular flexibility index (Phi) is 5.62. The molecule has 2 rings (SSSR count). The van der Waals surface area contributed by atoms with Crippen molar-refractivity contribution in [3.63, 3.8) is 0 Å². The third-order valence-corrected chi connectivity index (χ3v) is 5.86. The topological polar surface area (TPSA) is 58.6 Å². The number of hydrogen-bond acceptors (Lipinski definition) is 4. The number of ether oxygens (including phenoxy) is 1. The van der Waals surface area contributed by atoms with Crippen LogP contribution in [-0.2, 0) is 21.3 Å². The molecule has 1 aromatic carbocycles. The van der Waals surface area contributed by atoms with Crippen molar-refractivity contribution < 1.29 is 13.2 Å². The predicted molar refractivity (Wildman–Crippen MR) is 83.0 cm³/mol. The monoisotopic (exact) mass is 332 g/mol. The minimum absolute atomic E-state index is 0.163. The summed E-state index contributed by atoms with van der Waals surface area (Å²) in [5, 5.41) is 3.64. The number of hydrogen-bond donors (Lipinski definition) is 1. The molecule has 1 aliphatic rings. The standard InChI is InChI=1S/C14H21ClN2O3S/c1-3-16-9-12-4-5-13(8-14(12)15)21(18,19)17-6-7-20-10-11(17)2/h4-5,8,11,16H,3,6-7,9-10H2,1-2H3. The third-order valence-electron chi connectivity index (χ3n) is 3.50. The van der Waals surface area contributed by atoms with Gasteiger partial charge in [0.15, 0.2) is 0 Å². The summed E-state index contributed by atoms with van der Waals surface area (Å²) in [6, 6.07) is 4.76. The molecule has 21 heavy (non-hydrogen) atoms. The molecule has 1 atom stereocenters. The van der Waals surface area contributed by atoms with Gasteiger partial charge in [0.2, 0.25) is 10.0 Å². The van der Waals surface area contributed by atoms with Gasteiger partial charge in [-0.3, -0.25) is 0 Å². The highest BCUT2D eigenvalue weighted by Gasteiger charge is 2.31. The Balaban J connectivity index is 2.26. The van der Waals surface area contributed by atoms with Gasteiger partial charge < -0.3 is 10.1 Å². The first-order chi connectivity index (χ1) is 9.96. The largest absolute Gasteiger partial charge is 0.378 e. The zero-order valence-electron chi connectivity index (χ0n) is 12.3. The molecular weight excluding hydrogens is 312 g/mol. The van der Waals surface area contributed by atoms with E-state index in [0.29, 0.717) is 31.3 Å². The van der Waals surface area contributed by atoms with E-state index in [-0.39, 0.29) is 10.9 Å². The van der Waals surface area contributed by atoms with Crippen LogP contribution in [0.3, 0.4) is 0 Å². The van der Waals surface area contributed by atoms with E-state index >= 15 is 0 Å². The minimum Gasteiger partial charge on any atom is -0.378 e. The maximum atomic E-state index is 12.7. The van der Waals surface area contributed by atoms with Crippen molar-refractivity contribution >= 4 is 21.6 Å². The Bertz CT molecular complexity index is 592. The van der Waals surface area contributed by atoms with Crippen LogP contribution in [0.4, 0.5) is 0 Å². The Morgan fingerprint density at radius 1 is 1.48 bits per heavy atom. The molecule has 7 heteroatoms. The summed E-state index contributed by atoms with van der Waals surface area (Å²) < 4.78 is 32.1. The van der Waals surface area contributed by atoms with E-state index in [9.17, 15) is 8.42 Å². The maximum Gasteiger partial charge on any atom is 0.243 e. The molecule has 1 aromatic rings. The number of nitrogens with zero attached hydrogens (tertiary/aromatic N) is 1. The van der Waals surface area contributed by atoms with Gasteiger partial charge in [0.05, 0.1) is 18.1 Å². The summed E-state index contributed by atoms with van der Waals surface area (Å²) in [6.45, 7) is 6.54. The van der Waals surface area contributed by atoms with Gasteiger partial charge in [-0.05, 0) is 31.2 Å². The number of nitrogens with one attached hydrogen (secondary N) is 1. The van der Waals surface area contributed by atoms with Gasteiger partial charge in [0.1, 0.15) is 0 Å². The zero-order valence-corrected chi connectivity index (χ0v) is 13.9. The molecule has 1 heterocycles. The molecule has 1 aliphatic heterocycles. The van der Waals surface area contributed by atoms with Crippen molar-refractivity contribution in [1.29, 1.82) is 0 Å². The molecule has 0 aromatic heterocycles. The van der Waals surface area contributed by atoms with Gasteiger partial charge in [-0.15, -0.1) is 0 Å². The number of sulfonamides is 1. The fourth-order valence-corrected chi connectivity index (χ4v) is 4.24. The van der Waals surface area contributed by atoms with E-state index in [0.717, 1.165) is 12.1 Å². The zero-order chi connectivity index (χ0) is 15.5. The summed E-state index contributed by atoms with van der Waals surface area (Å²) in [4.78, 5) is 0.237. The summed E-state index contributed by atoms with van der Waals surface area (Å²) in [5.41, 5.74) is 0.896. The van der Waals surface area contributed by atoms with E-state index in [1.54, 1.807) is 12.1 Å². The van der Waals surface area contributed by atoms with Crippen LogP contribution < -0.4 is 5.32 Å². The number of morpholine rings is 1. The lowest BCUT2D eigenvalue weighted by atomic mass is 10.2. The van der Waals surface area contributed by atoms with Crippen LogP contribution in [-0.4, -0.2) is 45.1 Å². The first kappa shape index (κ1) is 16.7. The molecule has 0 saturated carbocycles. The van der Waals surface area contributed by atoms with Crippen LogP contribution in [0, 0.1) is 0 Å². The molecule has 1 saturated heterocycles. The fourth-order valence-electron chi connectivity index (χ4n) is 2.30. The van der Waals surface area contributed by atoms with Gasteiger partial charge >= 0.3 is 0 Å². The lowest BCUT2D eigenvalue weighted by Crippen LogP contribution is -2.46. The number of benzene rings is 1. The number of halogens is 1. The highest BCUT2D eigenvalue weighted by Crippen LogP contribution is 2.25. The molecule has 1 fully saturated rings.